The molecule has 254 valence electrons. The summed E-state index contributed by atoms with van der Waals surface area (Å²) in [6.07, 6.45) is 16.7. The number of nitrogens with zero attached hydrogens (tertiary/aromatic N) is 1. The summed E-state index contributed by atoms with van der Waals surface area (Å²) in [5, 5.41) is -0.662. The van der Waals surface area contributed by atoms with Crippen molar-refractivity contribution in [1.82, 2.24) is 0 Å². The Morgan fingerprint density at radius 1 is 0.867 bits per heavy atom. The molecule has 11 nitrogen and oxygen atoms in total. The zero-order chi connectivity index (χ0) is 32.9. The molecule has 1 aliphatic heterocycles. The number of benzene rings is 1. The summed E-state index contributed by atoms with van der Waals surface area (Å²) < 4.78 is 27.2. The number of esters is 1. The summed E-state index contributed by atoms with van der Waals surface area (Å²) in [6.45, 7) is 2.04. The van der Waals surface area contributed by atoms with Crippen LogP contribution < -0.4 is 10.6 Å². The number of phosphoric ester groups is 1. The molecule has 0 spiro atoms. The molecule has 0 bridgehead atoms. The first-order valence-electron chi connectivity index (χ1n) is 16.3. The molecule has 0 aliphatic carbocycles. The lowest BCUT2D eigenvalue weighted by molar-refractivity contribution is -0.144. The van der Waals surface area contributed by atoms with Crippen molar-refractivity contribution < 1.29 is 42.4 Å². The molecule has 45 heavy (non-hydrogen) atoms. The zero-order valence-electron chi connectivity index (χ0n) is 26.6. The van der Waals surface area contributed by atoms with Gasteiger partial charge in [0.1, 0.15) is 0 Å². The molecular formula is C32H51N2O9PS. The fraction of sp³-hybridized carbons (Fsp3) is 0.688. The van der Waals surface area contributed by atoms with E-state index in [4.69, 9.17) is 19.5 Å². The van der Waals surface area contributed by atoms with Crippen LogP contribution >= 0.6 is 19.6 Å². The van der Waals surface area contributed by atoms with Crippen molar-refractivity contribution in [3.63, 3.8) is 0 Å². The Balaban J connectivity index is 1.46. The number of amides is 3. The summed E-state index contributed by atoms with van der Waals surface area (Å²) >= 11 is 1.14. The molecule has 1 heterocycles. The smallest absolute Gasteiger partial charge is 0.466 e. The van der Waals surface area contributed by atoms with Crippen LogP contribution in [0.5, 0.6) is 0 Å². The first kappa shape index (κ1) is 38.9. The number of ether oxygens (including phenoxy) is 1. The minimum Gasteiger partial charge on any atom is -0.466 e. The summed E-state index contributed by atoms with van der Waals surface area (Å²) in [5.74, 6) is -1.50. The maximum atomic E-state index is 12.7. The predicted molar refractivity (Wildman–Crippen MR) is 176 cm³/mol. The number of carbonyl (C=O) groups excluding carboxylic acids is 4. The van der Waals surface area contributed by atoms with Crippen molar-refractivity contribution in [1.29, 1.82) is 0 Å². The van der Waals surface area contributed by atoms with Gasteiger partial charge >= 0.3 is 13.8 Å². The number of carbonyl (C=O) groups is 4. The Labute approximate surface area is 271 Å². The van der Waals surface area contributed by atoms with Gasteiger partial charge < -0.3 is 15.4 Å². The SMILES string of the molecule is CCCCCCCCCCCCCCCC(=O)OCCCOP(=O)(O)OCCSC1CC(=O)N(c2ccc(C(N)=O)cc2)C1=O. The molecule has 2 atom stereocenters. The highest BCUT2D eigenvalue weighted by molar-refractivity contribution is 8.00. The van der Waals surface area contributed by atoms with E-state index in [2.05, 4.69) is 6.92 Å². The monoisotopic (exact) mass is 670 g/mol. The topological polar surface area (TPSA) is 163 Å². The van der Waals surface area contributed by atoms with Crippen LogP contribution in [-0.4, -0.2) is 59.4 Å². The standard InChI is InChI=1S/C32H51N2O9PS/c1-2-3-4-5-6-7-8-9-10-11-12-13-14-16-30(36)41-21-15-22-42-44(39,40)43-23-24-45-28-25-29(35)34(32(28)38)27-19-17-26(18-20-27)31(33)37/h17-20,28H,2-16,21-25H2,1H3,(H2,33,37)(H,39,40). The molecule has 1 aromatic rings. The molecular weight excluding hydrogens is 619 g/mol. The first-order valence-corrected chi connectivity index (χ1v) is 18.8. The molecule has 13 heteroatoms. The van der Waals surface area contributed by atoms with Gasteiger partial charge in [0.05, 0.1) is 30.8 Å². The van der Waals surface area contributed by atoms with E-state index in [1.165, 1.54) is 88.5 Å². The second kappa shape index (κ2) is 22.3. The van der Waals surface area contributed by atoms with E-state index < -0.39 is 24.9 Å². The van der Waals surface area contributed by atoms with Crippen LogP contribution in [0.4, 0.5) is 5.69 Å². The second-order valence-electron chi connectivity index (χ2n) is 11.2. The maximum Gasteiger partial charge on any atom is 0.472 e. The number of imide groups is 1. The van der Waals surface area contributed by atoms with E-state index in [1.807, 2.05) is 0 Å². The summed E-state index contributed by atoms with van der Waals surface area (Å²) in [7, 11) is -4.32. The quantitative estimate of drug-likeness (QED) is 0.0469. The van der Waals surface area contributed by atoms with Crippen molar-refractivity contribution >= 4 is 49.0 Å². The van der Waals surface area contributed by atoms with E-state index in [1.54, 1.807) is 0 Å². The van der Waals surface area contributed by atoms with Gasteiger partial charge in [-0.1, -0.05) is 84.0 Å². The van der Waals surface area contributed by atoms with E-state index in [9.17, 15) is 28.6 Å². The van der Waals surface area contributed by atoms with E-state index >= 15 is 0 Å². The predicted octanol–water partition coefficient (Wildman–Crippen LogP) is 6.70. The minimum absolute atomic E-state index is 0.0214. The van der Waals surface area contributed by atoms with Gasteiger partial charge in [0, 0.05) is 30.6 Å². The number of anilines is 1. The fourth-order valence-corrected chi connectivity index (χ4v) is 6.80. The number of phosphoric acid groups is 1. The Morgan fingerprint density at radius 2 is 1.42 bits per heavy atom. The van der Waals surface area contributed by atoms with Gasteiger partial charge in [0.2, 0.25) is 17.7 Å². The van der Waals surface area contributed by atoms with Crippen molar-refractivity contribution in [2.24, 2.45) is 5.73 Å². The van der Waals surface area contributed by atoms with E-state index in [-0.39, 0.29) is 55.9 Å². The van der Waals surface area contributed by atoms with Crippen LogP contribution in [0, 0.1) is 0 Å². The molecule has 1 saturated heterocycles. The fourth-order valence-electron chi connectivity index (χ4n) is 4.94. The molecule has 1 aromatic carbocycles. The van der Waals surface area contributed by atoms with E-state index in [0.717, 1.165) is 35.9 Å². The van der Waals surface area contributed by atoms with Gasteiger partial charge in [-0.3, -0.25) is 28.2 Å². The molecule has 0 aromatic heterocycles. The van der Waals surface area contributed by atoms with Gasteiger partial charge in [0.25, 0.3) is 0 Å². The molecule has 3 N–H and O–H groups in total. The van der Waals surface area contributed by atoms with E-state index in [0.29, 0.717) is 12.1 Å². The Morgan fingerprint density at radius 3 is 2.00 bits per heavy atom. The van der Waals surface area contributed by atoms with Crippen molar-refractivity contribution in [2.45, 2.75) is 115 Å². The molecule has 1 fully saturated rings. The van der Waals surface area contributed by atoms with Gasteiger partial charge in [-0.15, -0.1) is 11.8 Å². The Kier molecular flexibility index (Phi) is 19.3. The van der Waals surface area contributed by atoms with Crippen LogP contribution in [0.25, 0.3) is 0 Å². The highest BCUT2D eigenvalue weighted by Crippen LogP contribution is 2.43. The molecule has 0 radical (unpaired) electrons. The molecule has 2 rings (SSSR count). The van der Waals surface area contributed by atoms with Crippen molar-refractivity contribution in [3.05, 3.63) is 29.8 Å². The third-order valence-electron chi connectivity index (χ3n) is 7.46. The third-order valence-corrected chi connectivity index (χ3v) is 9.65. The zero-order valence-corrected chi connectivity index (χ0v) is 28.3. The minimum atomic E-state index is -4.32. The molecule has 1 aliphatic rings. The number of unbranched alkanes of at least 4 members (excludes halogenated alkanes) is 12. The number of hydrogen-bond acceptors (Lipinski definition) is 9. The van der Waals surface area contributed by atoms with Crippen LogP contribution in [0.3, 0.4) is 0 Å². The van der Waals surface area contributed by atoms with Crippen molar-refractivity contribution in [3.8, 4) is 0 Å². The maximum absolute atomic E-state index is 12.7. The average molecular weight is 671 g/mol. The lowest BCUT2D eigenvalue weighted by Gasteiger charge is -2.15. The largest absolute Gasteiger partial charge is 0.472 e. The number of nitrogens with two attached hydrogens (primary N) is 1. The second-order valence-corrected chi connectivity index (χ2v) is 14.0. The lowest BCUT2D eigenvalue weighted by Crippen LogP contribution is -2.31. The average Bonchev–Trinajstić information content (AvgIpc) is 3.29. The highest BCUT2D eigenvalue weighted by Gasteiger charge is 2.39. The molecule has 0 saturated carbocycles. The number of thioether (sulfide) groups is 1. The Bertz CT molecular complexity index is 1100. The van der Waals surface area contributed by atoms with Gasteiger partial charge in [-0.05, 0) is 30.7 Å². The number of rotatable bonds is 26. The number of hydrogen-bond donors (Lipinski definition) is 2. The summed E-state index contributed by atoms with van der Waals surface area (Å²) in [6, 6.07) is 5.84. The highest BCUT2D eigenvalue weighted by atomic mass is 32.2. The lowest BCUT2D eigenvalue weighted by atomic mass is 10.0. The third kappa shape index (κ3) is 16.2. The van der Waals surface area contributed by atoms with Crippen LogP contribution in [0.15, 0.2) is 24.3 Å². The van der Waals surface area contributed by atoms with Crippen molar-refractivity contribution in [2.75, 3.05) is 30.5 Å². The summed E-state index contributed by atoms with van der Waals surface area (Å²) in [4.78, 5) is 59.2. The summed E-state index contributed by atoms with van der Waals surface area (Å²) in [5.41, 5.74) is 5.83. The van der Waals surface area contributed by atoms with Crippen LogP contribution in [0.2, 0.25) is 0 Å². The molecule has 3 amide bonds. The van der Waals surface area contributed by atoms with Gasteiger partial charge in [-0.2, -0.15) is 0 Å². The molecule has 2 unspecified atom stereocenters. The van der Waals surface area contributed by atoms with Crippen LogP contribution in [0.1, 0.15) is 120 Å². The van der Waals surface area contributed by atoms with Gasteiger partial charge in [0.15, 0.2) is 0 Å². The normalized spacial score (nSPS) is 16.2. The number of primary amides is 1. The Hall–Kier alpha value is -2.24. The van der Waals surface area contributed by atoms with Crippen LogP contribution in [-0.2, 0) is 32.7 Å². The van der Waals surface area contributed by atoms with Gasteiger partial charge in [-0.25, -0.2) is 9.46 Å². The first-order chi connectivity index (χ1) is 21.6.